The van der Waals surface area contributed by atoms with Crippen molar-refractivity contribution in [3.8, 4) is 0 Å². The second-order valence-corrected chi connectivity index (χ2v) is 5.35. The molecule has 1 aromatic carbocycles. The van der Waals surface area contributed by atoms with Crippen molar-refractivity contribution in [3.63, 3.8) is 0 Å². The average molecular weight is 259 g/mol. The van der Waals surface area contributed by atoms with E-state index in [4.69, 9.17) is 0 Å². The van der Waals surface area contributed by atoms with E-state index in [1.54, 1.807) is 11.8 Å². The minimum absolute atomic E-state index is 0.669. The van der Waals surface area contributed by atoms with Crippen LogP contribution < -0.4 is 5.32 Å². The highest BCUT2D eigenvalue weighted by Gasteiger charge is 2.05. The normalized spacial score (nSPS) is 10.4. The first-order valence-electron chi connectivity index (χ1n) is 5.87. The Kier molecular flexibility index (Phi) is 3.87. The van der Waals surface area contributed by atoms with E-state index in [0.29, 0.717) is 5.95 Å². The van der Waals surface area contributed by atoms with Crippen LogP contribution in [0, 0.1) is 20.8 Å². The van der Waals surface area contributed by atoms with Crippen molar-refractivity contribution in [1.82, 2.24) is 9.97 Å². The lowest BCUT2D eigenvalue weighted by Gasteiger charge is -2.08. The second kappa shape index (κ2) is 5.40. The van der Waals surface area contributed by atoms with E-state index in [9.17, 15) is 0 Å². The summed E-state index contributed by atoms with van der Waals surface area (Å²) >= 11 is 1.68. The number of benzene rings is 1. The Morgan fingerprint density at radius 2 is 1.83 bits per heavy atom. The van der Waals surface area contributed by atoms with Crippen LogP contribution in [0.1, 0.15) is 16.8 Å². The van der Waals surface area contributed by atoms with Crippen LogP contribution >= 0.6 is 11.8 Å². The van der Waals surface area contributed by atoms with Gasteiger partial charge in [-0.05, 0) is 44.0 Å². The van der Waals surface area contributed by atoms with Gasteiger partial charge >= 0.3 is 0 Å². The van der Waals surface area contributed by atoms with E-state index in [1.165, 1.54) is 16.0 Å². The molecule has 1 heterocycles. The van der Waals surface area contributed by atoms with Gasteiger partial charge in [0, 0.05) is 17.6 Å². The van der Waals surface area contributed by atoms with Gasteiger partial charge in [-0.2, -0.15) is 0 Å². The highest BCUT2D eigenvalue weighted by molar-refractivity contribution is 7.99. The smallest absolute Gasteiger partial charge is 0.223 e. The summed E-state index contributed by atoms with van der Waals surface area (Å²) in [5, 5.41) is 3.96. The average Bonchev–Trinajstić information content (AvgIpc) is 2.33. The molecule has 0 radical (unpaired) electrons. The Labute approximate surface area is 112 Å². The first-order chi connectivity index (χ1) is 8.58. The topological polar surface area (TPSA) is 37.8 Å². The van der Waals surface area contributed by atoms with Gasteiger partial charge in [0.15, 0.2) is 0 Å². The fourth-order valence-corrected chi connectivity index (χ4v) is 2.69. The zero-order valence-electron chi connectivity index (χ0n) is 11.1. The Bertz CT molecular complexity index is 567. The Morgan fingerprint density at radius 1 is 1.06 bits per heavy atom. The van der Waals surface area contributed by atoms with E-state index in [-0.39, 0.29) is 0 Å². The molecule has 1 aromatic heterocycles. The monoisotopic (exact) mass is 259 g/mol. The van der Waals surface area contributed by atoms with Gasteiger partial charge in [0.2, 0.25) is 5.95 Å². The largest absolute Gasteiger partial charge is 0.357 e. The van der Waals surface area contributed by atoms with E-state index in [1.807, 2.05) is 20.0 Å². The number of nitrogens with one attached hydrogen (secondary N) is 1. The van der Waals surface area contributed by atoms with Gasteiger partial charge < -0.3 is 5.32 Å². The molecule has 0 aliphatic heterocycles. The molecule has 0 aliphatic rings. The van der Waals surface area contributed by atoms with Gasteiger partial charge in [-0.25, -0.2) is 9.97 Å². The molecule has 0 bridgehead atoms. The number of rotatable bonds is 3. The Balaban J connectivity index is 2.33. The van der Waals surface area contributed by atoms with Crippen molar-refractivity contribution in [2.24, 2.45) is 0 Å². The summed E-state index contributed by atoms with van der Waals surface area (Å²) in [6.07, 6.45) is 0. The molecular weight excluding hydrogens is 242 g/mol. The summed E-state index contributed by atoms with van der Waals surface area (Å²) in [4.78, 5) is 10.0. The maximum absolute atomic E-state index is 4.46. The van der Waals surface area contributed by atoms with Gasteiger partial charge in [0.25, 0.3) is 0 Å². The maximum Gasteiger partial charge on any atom is 0.223 e. The number of hydrogen-bond acceptors (Lipinski definition) is 4. The summed E-state index contributed by atoms with van der Waals surface area (Å²) < 4.78 is 0. The van der Waals surface area contributed by atoms with Crippen molar-refractivity contribution in [3.05, 3.63) is 41.1 Å². The van der Waals surface area contributed by atoms with Gasteiger partial charge in [-0.15, -0.1) is 0 Å². The van der Waals surface area contributed by atoms with Crippen LogP contribution in [0.3, 0.4) is 0 Å². The molecule has 0 fully saturated rings. The Hall–Kier alpha value is -1.55. The van der Waals surface area contributed by atoms with Crippen molar-refractivity contribution < 1.29 is 0 Å². The van der Waals surface area contributed by atoms with Gasteiger partial charge in [0.1, 0.15) is 5.03 Å². The van der Waals surface area contributed by atoms with E-state index >= 15 is 0 Å². The van der Waals surface area contributed by atoms with Gasteiger partial charge in [-0.1, -0.05) is 23.9 Å². The van der Waals surface area contributed by atoms with Crippen molar-refractivity contribution in [2.45, 2.75) is 30.7 Å². The Morgan fingerprint density at radius 3 is 2.56 bits per heavy atom. The van der Waals surface area contributed by atoms with Crippen molar-refractivity contribution >= 4 is 17.7 Å². The SMILES string of the molecule is CNc1nc(C)cc(Sc2cc(C)ccc2C)n1. The van der Waals surface area contributed by atoms with Crippen LogP contribution in [0.2, 0.25) is 0 Å². The maximum atomic E-state index is 4.46. The van der Waals surface area contributed by atoms with Gasteiger partial charge in [0.05, 0.1) is 0 Å². The molecule has 0 saturated heterocycles. The van der Waals surface area contributed by atoms with E-state index in [0.717, 1.165) is 10.7 Å². The lowest BCUT2D eigenvalue weighted by Crippen LogP contribution is -1.98. The molecule has 0 saturated carbocycles. The van der Waals surface area contributed by atoms with Gasteiger partial charge in [-0.3, -0.25) is 0 Å². The highest BCUT2D eigenvalue weighted by Crippen LogP contribution is 2.30. The third-order valence-electron chi connectivity index (χ3n) is 2.61. The third-order valence-corrected chi connectivity index (χ3v) is 3.69. The first-order valence-corrected chi connectivity index (χ1v) is 6.68. The summed E-state index contributed by atoms with van der Waals surface area (Å²) in [5.41, 5.74) is 3.51. The number of hydrogen-bond donors (Lipinski definition) is 1. The fraction of sp³-hybridized carbons (Fsp3) is 0.286. The quantitative estimate of drug-likeness (QED) is 0.855. The molecule has 94 valence electrons. The van der Waals surface area contributed by atoms with Crippen LogP contribution in [0.25, 0.3) is 0 Å². The minimum Gasteiger partial charge on any atom is -0.357 e. The molecular formula is C14H17N3S. The summed E-state index contributed by atoms with van der Waals surface area (Å²) in [7, 11) is 1.83. The molecule has 2 rings (SSSR count). The molecule has 0 unspecified atom stereocenters. The lowest BCUT2D eigenvalue weighted by molar-refractivity contribution is 1.01. The summed E-state index contributed by atoms with van der Waals surface area (Å²) in [6, 6.07) is 8.47. The molecule has 0 amide bonds. The van der Waals surface area contributed by atoms with Crippen molar-refractivity contribution in [1.29, 1.82) is 0 Å². The zero-order chi connectivity index (χ0) is 13.1. The van der Waals surface area contributed by atoms with Crippen LogP contribution in [0.5, 0.6) is 0 Å². The van der Waals surface area contributed by atoms with Crippen LogP contribution in [-0.4, -0.2) is 17.0 Å². The highest BCUT2D eigenvalue weighted by atomic mass is 32.2. The van der Waals surface area contributed by atoms with E-state index in [2.05, 4.69) is 47.3 Å². The number of anilines is 1. The van der Waals surface area contributed by atoms with Crippen LogP contribution in [0.15, 0.2) is 34.2 Å². The summed E-state index contributed by atoms with van der Waals surface area (Å²) in [6.45, 7) is 6.21. The van der Waals surface area contributed by atoms with Crippen LogP contribution in [-0.2, 0) is 0 Å². The zero-order valence-corrected chi connectivity index (χ0v) is 11.9. The predicted molar refractivity (Wildman–Crippen MR) is 76.4 cm³/mol. The third kappa shape index (κ3) is 3.01. The number of aryl methyl sites for hydroxylation is 3. The van der Waals surface area contributed by atoms with E-state index < -0.39 is 0 Å². The molecule has 0 spiro atoms. The molecule has 3 nitrogen and oxygen atoms in total. The summed E-state index contributed by atoms with van der Waals surface area (Å²) in [5.74, 6) is 0.669. The number of aromatic nitrogens is 2. The molecule has 2 aromatic rings. The second-order valence-electron chi connectivity index (χ2n) is 4.29. The van der Waals surface area contributed by atoms with Crippen molar-refractivity contribution in [2.75, 3.05) is 12.4 Å². The standard InChI is InChI=1S/C14H17N3S/c1-9-5-6-10(2)12(7-9)18-13-8-11(3)16-14(15-4)17-13/h5-8H,1-4H3,(H,15,16,17). The lowest BCUT2D eigenvalue weighted by atomic mass is 10.2. The molecule has 1 N–H and O–H groups in total. The fourth-order valence-electron chi connectivity index (χ4n) is 1.63. The molecule has 0 atom stereocenters. The molecule has 4 heteroatoms. The van der Waals surface area contributed by atoms with Crippen LogP contribution in [0.4, 0.5) is 5.95 Å². The molecule has 0 aliphatic carbocycles. The molecule has 18 heavy (non-hydrogen) atoms. The predicted octanol–water partition coefficient (Wildman–Crippen LogP) is 3.59. The minimum atomic E-state index is 0.669. The number of nitrogens with zero attached hydrogens (tertiary/aromatic N) is 2. The first kappa shape index (κ1) is 12.9.